The molecule has 32 heavy (non-hydrogen) atoms. The average molecular weight is 450 g/mol. The van der Waals surface area contributed by atoms with Gasteiger partial charge in [0.15, 0.2) is 0 Å². The van der Waals surface area contributed by atoms with E-state index in [1.165, 1.54) is 0 Å². The van der Waals surface area contributed by atoms with Gasteiger partial charge < -0.3 is 4.90 Å². The molecular formula is C25H27N3O3S. The molecule has 0 heterocycles. The number of hydrogen-bond acceptors (Lipinski definition) is 4. The van der Waals surface area contributed by atoms with Gasteiger partial charge in [-0.05, 0) is 53.4 Å². The summed E-state index contributed by atoms with van der Waals surface area (Å²) in [4.78, 5) is 14.8. The topological polar surface area (TPSA) is 90.3 Å². The van der Waals surface area contributed by atoms with Crippen molar-refractivity contribution >= 4 is 26.7 Å². The molecule has 1 amide bonds. The summed E-state index contributed by atoms with van der Waals surface area (Å²) in [6.07, 6.45) is 1.96. The van der Waals surface area contributed by atoms with Gasteiger partial charge in [-0.25, -0.2) is 8.42 Å². The van der Waals surface area contributed by atoms with Gasteiger partial charge in [-0.2, -0.15) is 9.98 Å². The van der Waals surface area contributed by atoms with Gasteiger partial charge in [0.05, 0.1) is 16.5 Å². The van der Waals surface area contributed by atoms with Crippen LogP contribution >= 0.6 is 0 Å². The number of benzene rings is 3. The van der Waals surface area contributed by atoms with E-state index in [1.807, 2.05) is 31.2 Å². The molecule has 6 nitrogen and oxygen atoms in total. The molecule has 7 heteroatoms. The summed E-state index contributed by atoms with van der Waals surface area (Å²) >= 11 is 0. The molecule has 0 bridgehead atoms. The summed E-state index contributed by atoms with van der Waals surface area (Å²) in [7, 11) is -2.24. The zero-order valence-electron chi connectivity index (χ0n) is 18.3. The fraction of sp³-hybridized carbons (Fsp3) is 0.280. The van der Waals surface area contributed by atoms with Crippen LogP contribution in [0.25, 0.3) is 10.8 Å². The van der Waals surface area contributed by atoms with Crippen molar-refractivity contribution in [3.8, 4) is 6.07 Å². The van der Waals surface area contributed by atoms with Crippen LogP contribution in [0.5, 0.6) is 0 Å². The largest absolute Gasteiger partial charge is 0.344 e. The quantitative estimate of drug-likeness (QED) is 0.537. The lowest BCUT2D eigenvalue weighted by molar-refractivity contribution is -0.131. The number of carbonyl (C=O) groups excluding carboxylic acids is 1. The minimum absolute atomic E-state index is 0.116. The molecular weight excluding hydrogens is 422 g/mol. The van der Waals surface area contributed by atoms with E-state index < -0.39 is 16.1 Å². The maximum Gasteiger partial charge on any atom is 0.241 e. The number of nitrogens with one attached hydrogen (secondary N) is 1. The van der Waals surface area contributed by atoms with Crippen molar-refractivity contribution < 1.29 is 13.2 Å². The zero-order chi connectivity index (χ0) is 23.1. The Hall–Kier alpha value is -3.21. The Morgan fingerprint density at radius 3 is 2.41 bits per heavy atom. The van der Waals surface area contributed by atoms with Crippen LogP contribution in [-0.2, 0) is 21.2 Å². The molecule has 0 aliphatic heterocycles. The molecule has 0 aliphatic carbocycles. The van der Waals surface area contributed by atoms with Gasteiger partial charge in [-0.1, -0.05) is 55.8 Å². The highest BCUT2D eigenvalue weighted by Crippen LogP contribution is 2.20. The van der Waals surface area contributed by atoms with Gasteiger partial charge in [0.2, 0.25) is 15.9 Å². The molecule has 0 fully saturated rings. The Labute approximate surface area is 189 Å². The lowest BCUT2D eigenvalue weighted by atomic mass is 10.0. The number of rotatable bonds is 9. The van der Waals surface area contributed by atoms with Crippen LogP contribution < -0.4 is 4.72 Å². The van der Waals surface area contributed by atoms with Crippen molar-refractivity contribution in [3.05, 3.63) is 77.9 Å². The van der Waals surface area contributed by atoms with Gasteiger partial charge in [0.1, 0.15) is 6.04 Å². The van der Waals surface area contributed by atoms with E-state index in [2.05, 4.69) is 10.8 Å². The Kier molecular flexibility index (Phi) is 7.62. The summed E-state index contributed by atoms with van der Waals surface area (Å²) < 4.78 is 29.0. The van der Waals surface area contributed by atoms with E-state index in [-0.39, 0.29) is 17.2 Å². The van der Waals surface area contributed by atoms with Gasteiger partial charge in [0.25, 0.3) is 0 Å². The minimum atomic E-state index is -3.93. The van der Waals surface area contributed by atoms with Crippen LogP contribution in [0.2, 0.25) is 0 Å². The fourth-order valence-corrected chi connectivity index (χ4v) is 4.72. The second-order valence-corrected chi connectivity index (χ2v) is 9.52. The molecule has 166 valence electrons. The van der Waals surface area contributed by atoms with E-state index in [0.717, 1.165) is 29.2 Å². The summed E-state index contributed by atoms with van der Waals surface area (Å²) in [6.45, 7) is 2.59. The summed E-state index contributed by atoms with van der Waals surface area (Å²) in [6, 6.07) is 20.4. The molecule has 3 aromatic rings. The Morgan fingerprint density at radius 1 is 1.06 bits per heavy atom. The normalized spacial score (nSPS) is 12.3. The Bertz CT molecular complexity index is 1230. The van der Waals surface area contributed by atoms with Gasteiger partial charge >= 0.3 is 0 Å². The third-order valence-corrected chi connectivity index (χ3v) is 6.84. The van der Waals surface area contributed by atoms with Crippen molar-refractivity contribution in [2.24, 2.45) is 0 Å². The Morgan fingerprint density at radius 2 is 1.75 bits per heavy atom. The molecule has 0 radical (unpaired) electrons. The first kappa shape index (κ1) is 23.5. The predicted octanol–water partition coefficient (Wildman–Crippen LogP) is 3.86. The molecule has 3 aromatic carbocycles. The van der Waals surface area contributed by atoms with Crippen LogP contribution in [0.1, 0.15) is 30.9 Å². The third-order valence-electron chi connectivity index (χ3n) is 5.37. The number of amides is 1. The first-order valence-corrected chi connectivity index (χ1v) is 12.1. The number of unbranched alkanes of at least 4 members (excludes halogenated alkanes) is 1. The maximum absolute atomic E-state index is 13.2. The molecule has 0 spiro atoms. The molecule has 1 N–H and O–H groups in total. The van der Waals surface area contributed by atoms with E-state index in [1.54, 1.807) is 54.4 Å². The molecule has 0 aromatic heterocycles. The second kappa shape index (κ2) is 10.4. The monoisotopic (exact) mass is 449 g/mol. The minimum Gasteiger partial charge on any atom is -0.344 e. The van der Waals surface area contributed by atoms with Crippen LogP contribution in [0, 0.1) is 11.3 Å². The van der Waals surface area contributed by atoms with Crippen molar-refractivity contribution in [2.45, 2.75) is 37.1 Å². The SMILES string of the molecule is CCCCN(C)C(=O)C(Cc1ccc(C#N)cc1)NS(=O)(=O)c1ccc2ccccc2c1. The summed E-state index contributed by atoms with van der Waals surface area (Å²) in [5.41, 5.74) is 1.28. The summed E-state index contributed by atoms with van der Waals surface area (Å²) in [5.74, 6) is -0.285. The molecule has 1 atom stereocenters. The highest BCUT2D eigenvalue weighted by atomic mass is 32.2. The van der Waals surface area contributed by atoms with E-state index in [9.17, 15) is 13.2 Å². The van der Waals surface area contributed by atoms with Crippen LogP contribution in [-0.4, -0.2) is 38.9 Å². The van der Waals surface area contributed by atoms with Gasteiger partial charge in [0, 0.05) is 13.6 Å². The van der Waals surface area contributed by atoms with E-state index >= 15 is 0 Å². The van der Waals surface area contributed by atoms with Crippen LogP contribution in [0.4, 0.5) is 0 Å². The standard InChI is InChI=1S/C25H27N3O3S/c1-3-4-15-28(2)25(29)24(16-19-9-11-20(18-26)12-10-19)27-32(30,31)23-14-13-21-7-5-6-8-22(21)17-23/h5-14,17,24,27H,3-4,15-16H2,1-2H3. The van der Waals surface area contributed by atoms with Crippen molar-refractivity contribution in [1.82, 2.24) is 9.62 Å². The van der Waals surface area contributed by atoms with Gasteiger partial charge in [-0.15, -0.1) is 0 Å². The van der Waals surface area contributed by atoms with Crippen molar-refractivity contribution in [2.75, 3.05) is 13.6 Å². The number of nitriles is 1. The number of hydrogen-bond donors (Lipinski definition) is 1. The Balaban J connectivity index is 1.89. The first-order chi connectivity index (χ1) is 15.3. The first-order valence-electron chi connectivity index (χ1n) is 10.6. The van der Waals surface area contributed by atoms with Gasteiger partial charge in [-0.3, -0.25) is 4.79 Å². The molecule has 3 rings (SSSR count). The maximum atomic E-state index is 13.2. The van der Waals surface area contributed by atoms with Crippen LogP contribution in [0.3, 0.4) is 0 Å². The molecule has 0 saturated carbocycles. The van der Waals surface area contributed by atoms with Crippen molar-refractivity contribution in [1.29, 1.82) is 5.26 Å². The van der Waals surface area contributed by atoms with E-state index in [0.29, 0.717) is 12.1 Å². The number of likely N-dealkylation sites (N-methyl/N-ethyl adjacent to an activating group) is 1. The zero-order valence-corrected chi connectivity index (χ0v) is 19.1. The predicted molar refractivity (Wildman–Crippen MR) is 125 cm³/mol. The highest BCUT2D eigenvalue weighted by Gasteiger charge is 2.28. The molecule has 1 unspecified atom stereocenters. The number of nitrogens with zero attached hydrogens (tertiary/aromatic N) is 2. The summed E-state index contributed by atoms with van der Waals surface area (Å²) in [5, 5.41) is 10.8. The number of fused-ring (bicyclic) bond motifs is 1. The lowest BCUT2D eigenvalue weighted by Gasteiger charge is -2.25. The average Bonchev–Trinajstić information content (AvgIpc) is 2.81. The van der Waals surface area contributed by atoms with E-state index in [4.69, 9.17) is 5.26 Å². The number of carbonyl (C=O) groups is 1. The molecule has 0 saturated heterocycles. The third kappa shape index (κ3) is 5.72. The van der Waals surface area contributed by atoms with Crippen LogP contribution in [0.15, 0.2) is 71.6 Å². The fourth-order valence-electron chi connectivity index (χ4n) is 3.49. The smallest absolute Gasteiger partial charge is 0.241 e. The number of sulfonamides is 1. The lowest BCUT2D eigenvalue weighted by Crippen LogP contribution is -2.48. The van der Waals surface area contributed by atoms with Crippen molar-refractivity contribution in [3.63, 3.8) is 0 Å². The second-order valence-electron chi connectivity index (χ2n) is 7.81. The highest BCUT2D eigenvalue weighted by molar-refractivity contribution is 7.89. The molecule has 0 aliphatic rings.